The molecule has 0 fully saturated rings. The number of hydrogen-bond acceptors (Lipinski definition) is 1. The van der Waals surface area contributed by atoms with Gasteiger partial charge in [-0.15, -0.1) is 0 Å². The fourth-order valence-electron chi connectivity index (χ4n) is 2.25. The second kappa shape index (κ2) is 5.47. The Hall–Kier alpha value is -1.90. The highest BCUT2D eigenvalue weighted by molar-refractivity contribution is 6.42. The molecule has 0 N–H and O–H groups in total. The van der Waals surface area contributed by atoms with Crippen molar-refractivity contribution in [3.05, 3.63) is 81.6 Å². The quantitative estimate of drug-likeness (QED) is 0.569. The Labute approximate surface area is 130 Å². The predicted molar refractivity (Wildman–Crippen MR) is 83.8 cm³/mol. The molecule has 0 heterocycles. The van der Waals surface area contributed by atoms with Crippen molar-refractivity contribution in [3.63, 3.8) is 0 Å². The number of ketones is 1. The molecule has 0 spiro atoms. The van der Waals surface area contributed by atoms with Crippen molar-refractivity contribution in [1.29, 1.82) is 0 Å². The summed E-state index contributed by atoms with van der Waals surface area (Å²) in [7, 11) is 0. The number of rotatable bonds is 2. The van der Waals surface area contributed by atoms with Gasteiger partial charge in [0.25, 0.3) is 0 Å². The average molecular weight is 319 g/mol. The number of benzene rings is 3. The van der Waals surface area contributed by atoms with Crippen molar-refractivity contribution >= 4 is 39.8 Å². The maximum absolute atomic E-state index is 13.8. The smallest absolute Gasteiger partial charge is 0.193 e. The molecule has 4 heteroatoms. The average Bonchev–Trinajstić information content (AvgIpc) is 2.50. The van der Waals surface area contributed by atoms with Gasteiger partial charge in [0.1, 0.15) is 5.82 Å². The first-order valence-electron chi connectivity index (χ1n) is 6.25. The van der Waals surface area contributed by atoms with E-state index in [1.54, 1.807) is 36.4 Å². The Balaban J connectivity index is 2.18. The van der Waals surface area contributed by atoms with E-state index in [4.69, 9.17) is 23.2 Å². The molecule has 0 aromatic heterocycles. The minimum atomic E-state index is -0.351. The number of carbonyl (C=O) groups is 1. The zero-order chi connectivity index (χ0) is 15.0. The van der Waals surface area contributed by atoms with E-state index in [9.17, 15) is 9.18 Å². The lowest BCUT2D eigenvalue weighted by Crippen LogP contribution is -2.03. The van der Waals surface area contributed by atoms with Gasteiger partial charge in [-0.1, -0.05) is 47.5 Å². The summed E-state index contributed by atoms with van der Waals surface area (Å²) in [5.74, 6) is -0.568. The van der Waals surface area contributed by atoms with Crippen molar-refractivity contribution < 1.29 is 9.18 Å². The number of hydrogen-bond donors (Lipinski definition) is 0. The van der Waals surface area contributed by atoms with Crippen molar-refractivity contribution in [2.75, 3.05) is 0 Å². The third-order valence-electron chi connectivity index (χ3n) is 3.30. The zero-order valence-corrected chi connectivity index (χ0v) is 12.3. The molecule has 3 aromatic rings. The van der Waals surface area contributed by atoms with Crippen LogP contribution in [0.1, 0.15) is 15.9 Å². The molecular weight excluding hydrogens is 310 g/mol. The van der Waals surface area contributed by atoms with E-state index in [2.05, 4.69) is 0 Å². The van der Waals surface area contributed by atoms with Crippen molar-refractivity contribution in [2.24, 2.45) is 0 Å². The van der Waals surface area contributed by atoms with Crippen molar-refractivity contribution in [3.8, 4) is 0 Å². The van der Waals surface area contributed by atoms with E-state index in [0.717, 1.165) is 0 Å². The van der Waals surface area contributed by atoms with Crippen molar-refractivity contribution in [1.82, 2.24) is 0 Å². The summed E-state index contributed by atoms with van der Waals surface area (Å²) in [4.78, 5) is 12.6. The maximum atomic E-state index is 13.8. The van der Waals surface area contributed by atoms with Crippen LogP contribution in [0.25, 0.3) is 10.8 Å². The highest BCUT2D eigenvalue weighted by Gasteiger charge is 2.15. The molecule has 3 aromatic carbocycles. The van der Waals surface area contributed by atoms with Crippen LogP contribution in [-0.2, 0) is 0 Å². The minimum Gasteiger partial charge on any atom is -0.289 e. The Morgan fingerprint density at radius 1 is 0.857 bits per heavy atom. The van der Waals surface area contributed by atoms with Gasteiger partial charge in [-0.3, -0.25) is 4.79 Å². The second-order valence-electron chi connectivity index (χ2n) is 4.60. The minimum absolute atomic E-state index is 0.218. The molecule has 3 rings (SSSR count). The molecule has 0 amide bonds. The number of fused-ring (bicyclic) bond motifs is 1. The van der Waals surface area contributed by atoms with Gasteiger partial charge in [0.2, 0.25) is 0 Å². The number of carbonyl (C=O) groups excluding carboxylic acids is 1. The molecule has 0 aliphatic carbocycles. The van der Waals surface area contributed by atoms with Gasteiger partial charge in [-0.05, 0) is 35.7 Å². The van der Waals surface area contributed by atoms with Crippen LogP contribution >= 0.6 is 23.2 Å². The lowest BCUT2D eigenvalue weighted by Gasteiger charge is -2.07. The van der Waals surface area contributed by atoms with Crippen LogP contribution in [0.3, 0.4) is 0 Å². The van der Waals surface area contributed by atoms with Crippen LogP contribution in [0.2, 0.25) is 10.0 Å². The molecule has 0 unspecified atom stereocenters. The Kier molecular flexibility index (Phi) is 3.66. The first-order valence-corrected chi connectivity index (χ1v) is 7.00. The summed E-state index contributed by atoms with van der Waals surface area (Å²) in [6.07, 6.45) is 0. The molecule has 1 nitrogen and oxygen atoms in total. The molecular formula is C17H9Cl2FO. The summed E-state index contributed by atoms with van der Waals surface area (Å²) < 4.78 is 13.8. The van der Waals surface area contributed by atoms with Gasteiger partial charge < -0.3 is 0 Å². The first-order chi connectivity index (χ1) is 10.1. The fraction of sp³-hybridized carbons (Fsp3) is 0. The Morgan fingerprint density at radius 3 is 2.29 bits per heavy atom. The molecule has 21 heavy (non-hydrogen) atoms. The van der Waals surface area contributed by atoms with Crippen LogP contribution in [0.5, 0.6) is 0 Å². The first kappa shape index (κ1) is 14.1. The van der Waals surface area contributed by atoms with E-state index in [1.165, 1.54) is 18.2 Å². The van der Waals surface area contributed by atoms with Crippen LogP contribution in [-0.4, -0.2) is 5.78 Å². The van der Waals surface area contributed by atoms with Crippen LogP contribution in [0, 0.1) is 5.82 Å². The third-order valence-corrected chi connectivity index (χ3v) is 4.04. The molecule has 0 saturated carbocycles. The largest absolute Gasteiger partial charge is 0.289 e. The summed E-state index contributed by atoms with van der Waals surface area (Å²) >= 11 is 11.8. The van der Waals surface area contributed by atoms with Crippen LogP contribution in [0.15, 0.2) is 54.6 Å². The van der Waals surface area contributed by atoms with Gasteiger partial charge in [-0.25, -0.2) is 4.39 Å². The van der Waals surface area contributed by atoms with E-state index in [0.29, 0.717) is 31.9 Å². The fourth-order valence-corrected chi connectivity index (χ4v) is 2.55. The van der Waals surface area contributed by atoms with E-state index in [1.807, 2.05) is 0 Å². The lowest BCUT2D eigenvalue weighted by atomic mass is 9.97. The summed E-state index contributed by atoms with van der Waals surface area (Å²) in [5, 5.41) is 1.70. The molecule has 0 saturated heterocycles. The van der Waals surface area contributed by atoms with Gasteiger partial charge in [0.05, 0.1) is 10.0 Å². The Bertz CT molecular complexity index is 859. The topological polar surface area (TPSA) is 17.1 Å². The summed E-state index contributed by atoms with van der Waals surface area (Å²) in [5.41, 5.74) is 0.853. The molecule has 104 valence electrons. The maximum Gasteiger partial charge on any atom is 0.193 e. The molecule has 0 radical (unpaired) electrons. The summed E-state index contributed by atoms with van der Waals surface area (Å²) in [6, 6.07) is 14.4. The highest BCUT2D eigenvalue weighted by atomic mass is 35.5. The van der Waals surface area contributed by atoms with Crippen molar-refractivity contribution in [2.45, 2.75) is 0 Å². The van der Waals surface area contributed by atoms with Gasteiger partial charge in [0, 0.05) is 16.5 Å². The van der Waals surface area contributed by atoms with E-state index >= 15 is 0 Å². The molecule has 0 bridgehead atoms. The second-order valence-corrected chi connectivity index (χ2v) is 5.41. The molecule has 0 aliphatic heterocycles. The monoisotopic (exact) mass is 318 g/mol. The standard InChI is InChI=1S/C17H9Cl2FO/c18-14-7-5-10(9-15(14)19)17(21)13-6-8-16(20)12-4-2-1-3-11(12)13/h1-9H. The molecule has 0 aliphatic rings. The van der Waals surface area contributed by atoms with Crippen LogP contribution in [0.4, 0.5) is 4.39 Å². The van der Waals surface area contributed by atoms with E-state index in [-0.39, 0.29) is 11.6 Å². The van der Waals surface area contributed by atoms with Gasteiger partial charge in [-0.2, -0.15) is 0 Å². The van der Waals surface area contributed by atoms with Crippen LogP contribution < -0.4 is 0 Å². The molecule has 0 atom stereocenters. The van der Waals surface area contributed by atoms with Gasteiger partial charge in [0.15, 0.2) is 5.78 Å². The third kappa shape index (κ3) is 2.53. The Morgan fingerprint density at radius 2 is 1.57 bits per heavy atom. The normalized spacial score (nSPS) is 10.8. The lowest BCUT2D eigenvalue weighted by molar-refractivity contribution is 0.104. The van der Waals surface area contributed by atoms with E-state index < -0.39 is 0 Å². The SMILES string of the molecule is O=C(c1ccc(Cl)c(Cl)c1)c1ccc(F)c2ccccc12. The highest BCUT2D eigenvalue weighted by Crippen LogP contribution is 2.27. The number of halogens is 3. The summed E-state index contributed by atoms with van der Waals surface area (Å²) in [6.45, 7) is 0. The zero-order valence-electron chi connectivity index (χ0n) is 10.7. The predicted octanol–water partition coefficient (Wildman–Crippen LogP) is 5.52. The van der Waals surface area contributed by atoms with Gasteiger partial charge >= 0.3 is 0 Å².